The first kappa shape index (κ1) is 9.49. The monoisotopic (exact) mass is 166 g/mol. The maximum atomic E-state index is 6.04. The molecule has 0 amide bonds. The summed E-state index contributed by atoms with van der Waals surface area (Å²) in [5.74, 6) is 0. The Hall–Kier alpha value is -0.600. The van der Waals surface area contributed by atoms with Gasteiger partial charge in [0, 0.05) is 11.6 Å². The fourth-order valence-electron chi connectivity index (χ4n) is 1.69. The molecule has 2 nitrogen and oxygen atoms in total. The van der Waals surface area contributed by atoms with Gasteiger partial charge in [-0.2, -0.15) is 0 Å². The zero-order valence-electron chi connectivity index (χ0n) is 7.88. The minimum atomic E-state index is -0.242. The molecule has 2 heteroatoms. The molecule has 0 fully saturated rings. The molecule has 1 aliphatic carbocycles. The van der Waals surface area contributed by atoms with Gasteiger partial charge in [-0.15, -0.1) is 0 Å². The number of hydrogen-bond donors (Lipinski definition) is 2. The standard InChI is InChI=1S/C10H18N2/c1-8-4-3-5-9(11)7-10(2,12)6-8/h3,5-6,9H,4,7,11-12H2,1-2H3/b5-3+,8-6+. The van der Waals surface area contributed by atoms with Crippen LogP contribution in [0.3, 0.4) is 0 Å². The zero-order valence-corrected chi connectivity index (χ0v) is 7.88. The van der Waals surface area contributed by atoms with Gasteiger partial charge in [-0.3, -0.25) is 0 Å². The number of nitrogens with two attached hydrogens (primary N) is 2. The Morgan fingerprint density at radius 1 is 1.58 bits per heavy atom. The van der Waals surface area contributed by atoms with Crippen molar-refractivity contribution in [3.8, 4) is 0 Å². The van der Waals surface area contributed by atoms with Crippen LogP contribution in [-0.2, 0) is 0 Å². The van der Waals surface area contributed by atoms with Gasteiger partial charge in [-0.05, 0) is 26.7 Å². The lowest BCUT2D eigenvalue weighted by Crippen LogP contribution is -2.40. The van der Waals surface area contributed by atoms with E-state index in [1.54, 1.807) is 0 Å². The highest BCUT2D eigenvalue weighted by molar-refractivity contribution is 5.17. The Kier molecular flexibility index (Phi) is 2.70. The molecular weight excluding hydrogens is 148 g/mol. The molecule has 0 aromatic heterocycles. The molecule has 12 heavy (non-hydrogen) atoms. The van der Waals surface area contributed by atoms with Crippen LogP contribution in [0.15, 0.2) is 23.8 Å². The summed E-state index contributed by atoms with van der Waals surface area (Å²) in [7, 11) is 0. The molecule has 2 atom stereocenters. The average molecular weight is 166 g/mol. The smallest absolute Gasteiger partial charge is 0.0330 e. The van der Waals surface area contributed by atoms with E-state index in [2.05, 4.69) is 19.1 Å². The van der Waals surface area contributed by atoms with Crippen LogP contribution in [-0.4, -0.2) is 11.6 Å². The van der Waals surface area contributed by atoms with Crippen molar-refractivity contribution in [3.63, 3.8) is 0 Å². The Labute approximate surface area is 74.3 Å². The van der Waals surface area contributed by atoms with E-state index < -0.39 is 0 Å². The largest absolute Gasteiger partial charge is 0.324 e. The van der Waals surface area contributed by atoms with Crippen molar-refractivity contribution in [1.29, 1.82) is 0 Å². The summed E-state index contributed by atoms with van der Waals surface area (Å²) >= 11 is 0. The highest BCUT2D eigenvalue weighted by atomic mass is 14.7. The first-order valence-corrected chi connectivity index (χ1v) is 4.39. The number of rotatable bonds is 0. The molecule has 0 aliphatic heterocycles. The van der Waals surface area contributed by atoms with E-state index in [1.807, 2.05) is 13.0 Å². The lowest BCUT2D eigenvalue weighted by atomic mass is 9.89. The SMILES string of the molecule is C/C1=C\C(C)(N)CC(N)/C=C/C1. The van der Waals surface area contributed by atoms with Crippen LogP contribution in [0.5, 0.6) is 0 Å². The van der Waals surface area contributed by atoms with Crippen LogP contribution in [0.2, 0.25) is 0 Å². The van der Waals surface area contributed by atoms with Gasteiger partial charge in [0.25, 0.3) is 0 Å². The van der Waals surface area contributed by atoms with Gasteiger partial charge < -0.3 is 11.5 Å². The van der Waals surface area contributed by atoms with Crippen LogP contribution in [0.4, 0.5) is 0 Å². The van der Waals surface area contributed by atoms with Crippen molar-refractivity contribution in [2.75, 3.05) is 0 Å². The maximum Gasteiger partial charge on any atom is 0.0330 e. The fourth-order valence-corrected chi connectivity index (χ4v) is 1.69. The van der Waals surface area contributed by atoms with Gasteiger partial charge in [-0.1, -0.05) is 23.8 Å². The summed E-state index contributed by atoms with van der Waals surface area (Å²) in [5, 5.41) is 0. The van der Waals surface area contributed by atoms with Gasteiger partial charge in [0.15, 0.2) is 0 Å². The quantitative estimate of drug-likeness (QED) is 0.533. The van der Waals surface area contributed by atoms with Crippen LogP contribution in [0.25, 0.3) is 0 Å². The van der Waals surface area contributed by atoms with Crippen LogP contribution in [0.1, 0.15) is 26.7 Å². The molecular formula is C10H18N2. The van der Waals surface area contributed by atoms with Gasteiger partial charge in [0.05, 0.1) is 0 Å². The van der Waals surface area contributed by atoms with Crippen molar-refractivity contribution in [2.24, 2.45) is 11.5 Å². The molecule has 0 saturated carbocycles. The summed E-state index contributed by atoms with van der Waals surface area (Å²) in [6.07, 6.45) is 8.07. The number of allylic oxidation sites excluding steroid dienone is 2. The predicted octanol–water partition coefficient (Wildman–Crippen LogP) is 1.33. The molecule has 1 aliphatic rings. The highest BCUT2D eigenvalue weighted by Crippen LogP contribution is 2.17. The molecule has 1 rings (SSSR count). The van der Waals surface area contributed by atoms with Crippen LogP contribution < -0.4 is 11.5 Å². The lowest BCUT2D eigenvalue weighted by Gasteiger charge is -2.25. The Balaban J connectivity index is 2.79. The second-order valence-corrected chi connectivity index (χ2v) is 4.00. The highest BCUT2D eigenvalue weighted by Gasteiger charge is 2.19. The molecule has 68 valence electrons. The van der Waals surface area contributed by atoms with Crippen LogP contribution >= 0.6 is 0 Å². The molecule has 0 aromatic carbocycles. The van der Waals surface area contributed by atoms with Crippen molar-refractivity contribution in [1.82, 2.24) is 0 Å². The lowest BCUT2D eigenvalue weighted by molar-refractivity contribution is 0.496. The van der Waals surface area contributed by atoms with E-state index >= 15 is 0 Å². The molecule has 0 saturated heterocycles. The first-order chi connectivity index (χ1) is 5.49. The average Bonchev–Trinajstić information content (AvgIpc) is 1.81. The third-order valence-corrected chi connectivity index (χ3v) is 2.07. The summed E-state index contributed by atoms with van der Waals surface area (Å²) < 4.78 is 0. The molecule has 0 spiro atoms. The predicted molar refractivity (Wildman–Crippen MR) is 52.7 cm³/mol. The molecule has 0 aromatic rings. The maximum absolute atomic E-state index is 6.04. The third kappa shape index (κ3) is 2.80. The Morgan fingerprint density at radius 2 is 2.25 bits per heavy atom. The van der Waals surface area contributed by atoms with Gasteiger partial charge in [0.2, 0.25) is 0 Å². The van der Waals surface area contributed by atoms with E-state index in [4.69, 9.17) is 11.5 Å². The molecule has 2 unspecified atom stereocenters. The second kappa shape index (κ2) is 3.42. The zero-order chi connectivity index (χ0) is 9.19. The topological polar surface area (TPSA) is 52.0 Å². The van der Waals surface area contributed by atoms with E-state index in [0.29, 0.717) is 0 Å². The van der Waals surface area contributed by atoms with Gasteiger partial charge in [-0.25, -0.2) is 0 Å². The van der Waals surface area contributed by atoms with Crippen molar-refractivity contribution >= 4 is 0 Å². The fraction of sp³-hybridized carbons (Fsp3) is 0.600. The summed E-state index contributed by atoms with van der Waals surface area (Å²) in [6, 6.07) is 0.101. The third-order valence-electron chi connectivity index (χ3n) is 2.07. The normalized spacial score (nSPS) is 44.0. The molecule has 0 radical (unpaired) electrons. The summed E-state index contributed by atoms with van der Waals surface area (Å²) in [5.41, 5.74) is 12.9. The Morgan fingerprint density at radius 3 is 2.92 bits per heavy atom. The second-order valence-electron chi connectivity index (χ2n) is 4.00. The number of hydrogen-bond acceptors (Lipinski definition) is 2. The van der Waals surface area contributed by atoms with Crippen molar-refractivity contribution in [2.45, 2.75) is 38.3 Å². The minimum absolute atomic E-state index is 0.101. The summed E-state index contributed by atoms with van der Waals surface area (Å²) in [4.78, 5) is 0. The van der Waals surface area contributed by atoms with Gasteiger partial charge >= 0.3 is 0 Å². The van der Waals surface area contributed by atoms with Gasteiger partial charge in [0.1, 0.15) is 0 Å². The summed E-state index contributed by atoms with van der Waals surface area (Å²) in [6.45, 7) is 4.13. The van der Waals surface area contributed by atoms with E-state index in [9.17, 15) is 0 Å². The minimum Gasteiger partial charge on any atom is -0.324 e. The molecule has 4 N–H and O–H groups in total. The first-order valence-electron chi connectivity index (χ1n) is 4.39. The molecule has 0 bridgehead atoms. The van der Waals surface area contributed by atoms with E-state index in [1.165, 1.54) is 5.57 Å². The molecule has 0 heterocycles. The van der Waals surface area contributed by atoms with E-state index in [-0.39, 0.29) is 11.6 Å². The van der Waals surface area contributed by atoms with Crippen molar-refractivity contribution in [3.05, 3.63) is 23.8 Å². The van der Waals surface area contributed by atoms with Crippen molar-refractivity contribution < 1.29 is 0 Å². The van der Waals surface area contributed by atoms with Crippen LogP contribution in [0, 0.1) is 0 Å². The van der Waals surface area contributed by atoms with E-state index in [0.717, 1.165) is 12.8 Å². The Bertz CT molecular complexity index is 214.